The highest BCUT2D eigenvalue weighted by molar-refractivity contribution is 5.86. The first-order valence-electron chi connectivity index (χ1n) is 9.71. The van der Waals surface area contributed by atoms with Gasteiger partial charge in [0.1, 0.15) is 11.6 Å². The average molecular weight is 383 g/mol. The molecule has 1 N–H and O–H groups in total. The van der Waals surface area contributed by atoms with Gasteiger partial charge in [-0.05, 0) is 64.2 Å². The first-order valence-corrected chi connectivity index (χ1v) is 9.71. The van der Waals surface area contributed by atoms with Crippen LogP contribution in [0.2, 0.25) is 0 Å². The number of hydrogen-bond donors (Lipinski definition) is 1. The summed E-state index contributed by atoms with van der Waals surface area (Å²) in [5.41, 5.74) is 1.17. The minimum absolute atomic E-state index is 0.0635. The number of nitriles is 1. The van der Waals surface area contributed by atoms with E-state index in [-0.39, 0.29) is 5.91 Å². The second kappa shape index (κ2) is 9.93. The Bertz CT molecular complexity index is 742. The molecule has 1 atom stereocenters. The molecule has 0 aromatic heterocycles. The number of ether oxygens (including phenoxy) is 1. The largest absolute Gasteiger partial charge is 0.444 e. The molecule has 1 aliphatic heterocycles. The second-order valence-electron chi connectivity index (χ2n) is 7.96. The van der Waals surface area contributed by atoms with Crippen molar-refractivity contribution in [3.8, 4) is 6.07 Å². The lowest BCUT2D eigenvalue weighted by atomic mass is 10.1. The first-order chi connectivity index (χ1) is 13.3. The molecule has 6 nitrogen and oxygen atoms in total. The van der Waals surface area contributed by atoms with E-state index in [2.05, 4.69) is 11.4 Å². The second-order valence-corrected chi connectivity index (χ2v) is 7.96. The van der Waals surface area contributed by atoms with Crippen molar-refractivity contribution in [2.75, 3.05) is 13.1 Å². The maximum absolute atomic E-state index is 12.8. The minimum Gasteiger partial charge on any atom is -0.444 e. The molecule has 0 spiro atoms. The number of carbonyl (C=O) groups is 2. The summed E-state index contributed by atoms with van der Waals surface area (Å²) in [5.74, 6) is -0.0635. The van der Waals surface area contributed by atoms with Crippen molar-refractivity contribution in [1.82, 2.24) is 10.2 Å². The maximum atomic E-state index is 12.8. The van der Waals surface area contributed by atoms with Crippen LogP contribution in [-0.2, 0) is 16.0 Å². The first kappa shape index (κ1) is 21.5. The van der Waals surface area contributed by atoms with E-state index in [0.717, 1.165) is 24.8 Å². The Balaban J connectivity index is 1.88. The summed E-state index contributed by atoms with van der Waals surface area (Å²) in [4.78, 5) is 26.6. The normalized spacial score (nSPS) is 17.9. The van der Waals surface area contributed by atoms with Crippen molar-refractivity contribution in [1.29, 1.82) is 5.26 Å². The summed E-state index contributed by atoms with van der Waals surface area (Å²) in [5, 5.41) is 11.6. The Hall–Kier alpha value is -2.81. The lowest BCUT2D eigenvalue weighted by Crippen LogP contribution is -2.48. The van der Waals surface area contributed by atoms with Gasteiger partial charge in [-0.15, -0.1) is 0 Å². The molecule has 2 rings (SSSR count). The molecule has 1 aliphatic rings. The third kappa shape index (κ3) is 7.07. The average Bonchev–Trinajstić information content (AvgIpc) is 2.80. The lowest BCUT2D eigenvalue weighted by Gasteiger charge is -2.25. The molecule has 1 heterocycles. The van der Waals surface area contributed by atoms with E-state index < -0.39 is 17.7 Å². The number of hydrogen-bond acceptors (Lipinski definition) is 4. The van der Waals surface area contributed by atoms with E-state index in [1.54, 1.807) is 37.8 Å². The van der Waals surface area contributed by atoms with Gasteiger partial charge in [-0.2, -0.15) is 5.26 Å². The van der Waals surface area contributed by atoms with Crippen molar-refractivity contribution in [3.05, 3.63) is 47.5 Å². The fourth-order valence-electron chi connectivity index (χ4n) is 3.01. The van der Waals surface area contributed by atoms with Crippen LogP contribution in [0, 0.1) is 11.3 Å². The van der Waals surface area contributed by atoms with Gasteiger partial charge in [-0.1, -0.05) is 24.3 Å². The van der Waals surface area contributed by atoms with Crippen LogP contribution in [0.3, 0.4) is 0 Å². The van der Waals surface area contributed by atoms with E-state index >= 15 is 0 Å². The van der Waals surface area contributed by atoms with Gasteiger partial charge in [0, 0.05) is 13.1 Å². The molecule has 0 saturated carbocycles. The molecule has 150 valence electrons. The van der Waals surface area contributed by atoms with Crippen LogP contribution < -0.4 is 5.32 Å². The molecule has 1 saturated heterocycles. The highest BCUT2D eigenvalue weighted by atomic mass is 16.6. The van der Waals surface area contributed by atoms with Crippen LogP contribution >= 0.6 is 0 Å². The fourth-order valence-corrected chi connectivity index (χ4v) is 3.01. The van der Waals surface area contributed by atoms with Gasteiger partial charge in [0.25, 0.3) is 0 Å². The summed E-state index contributed by atoms with van der Waals surface area (Å²) in [6.45, 7) is 6.60. The predicted molar refractivity (Wildman–Crippen MR) is 108 cm³/mol. The van der Waals surface area contributed by atoms with E-state index in [9.17, 15) is 9.59 Å². The highest BCUT2D eigenvalue weighted by Gasteiger charge is 2.29. The van der Waals surface area contributed by atoms with Crippen molar-refractivity contribution in [2.24, 2.45) is 0 Å². The molecule has 1 fully saturated rings. The summed E-state index contributed by atoms with van der Waals surface area (Å²) >= 11 is 0. The van der Waals surface area contributed by atoms with Gasteiger partial charge in [-0.25, -0.2) is 4.79 Å². The van der Waals surface area contributed by atoms with Gasteiger partial charge in [0.15, 0.2) is 0 Å². The van der Waals surface area contributed by atoms with Crippen molar-refractivity contribution in [3.63, 3.8) is 0 Å². The number of nitrogens with zero attached hydrogens (tertiary/aromatic N) is 2. The van der Waals surface area contributed by atoms with Gasteiger partial charge in [0.05, 0.1) is 11.6 Å². The Morgan fingerprint density at radius 2 is 2.00 bits per heavy atom. The number of alkyl carbamates (subject to hydrolysis) is 1. The predicted octanol–water partition coefficient (Wildman–Crippen LogP) is 3.56. The lowest BCUT2D eigenvalue weighted by molar-refractivity contribution is -0.132. The van der Waals surface area contributed by atoms with Crippen molar-refractivity contribution < 1.29 is 14.3 Å². The van der Waals surface area contributed by atoms with E-state index in [4.69, 9.17) is 10.00 Å². The Kier molecular flexibility index (Phi) is 7.62. The number of benzene rings is 1. The maximum Gasteiger partial charge on any atom is 0.408 e. The van der Waals surface area contributed by atoms with Crippen LogP contribution in [0.15, 0.2) is 36.4 Å². The molecule has 1 aromatic rings. The third-order valence-corrected chi connectivity index (χ3v) is 4.40. The molecule has 2 amide bonds. The van der Waals surface area contributed by atoms with Crippen LogP contribution in [0.25, 0.3) is 0 Å². The van der Waals surface area contributed by atoms with Crippen LogP contribution in [0.1, 0.15) is 51.2 Å². The molecular formula is C22H29N3O3. The van der Waals surface area contributed by atoms with Crippen LogP contribution in [0.4, 0.5) is 4.79 Å². The quantitative estimate of drug-likeness (QED) is 0.788. The van der Waals surface area contributed by atoms with Gasteiger partial charge in [-0.3, -0.25) is 4.79 Å². The molecule has 6 heteroatoms. The van der Waals surface area contributed by atoms with Gasteiger partial charge < -0.3 is 15.0 Å². The zero-order chi connectivity index (χ0) is 20.6. The highest BCUT2D eigenvalue weighted by Crippen LogP contribution is 2.14. The molecular weight excluding hydrogens is 354 g/mol. The van der Waals surface area contributed by atoms with Gasteiger partial charge >= 0.3 is 6.09 Å². The van der Waals surface area contributed by atoms with Gasteiger partial charge in [0.2, 0.25) is 5.91 Å². The Morgan fingerprint density at radius 1 is 1.29 bits per heavy atom. The van der Waals surface area contributed by atoms with Crippen LogP contribution in [-0.4, -0.2) is 41.6 Å². The molecule has 0 radical (unpaired) electrons. The minimum atomic E-state index is -0.592. The Morgan fingerprint density at radius 3 is 2.64 bits per heavy atom. The van der Waals surface area contributed by atoms with E-state index in [1.807, 2.05) is 24.3 Å². The molecule has 0 unspecified atom stereocenters. The molecule has 28 heavy (non-hydrogen) atoms. The number of nitrogens with one attached hydrogen (secondary N) is 1. The molecule has 0 bridgehead atoms. The topological polar surface area (TPSA) is 82.4 Å². The van der Waals surface area contributed by atoms with Crippen LogP contribution in [0.5, 0.6) is 0 Å². The van der Waals surface area contributed by atoms with E-state index in [1.165, 1.54) is 0 Å². The monoisotopic (exact) mass is 383 g/mol. The summed E-state index contributed by atoms with van der Waals surface area (Å²) in [6.07, 6.45) is 6.63. The fraction of sp³-hybridized carbons (Fsp3) is 0.500. The summed E-state index contributed by atoms with van der Waals surface area (Å²) < 4.78 is 5.27. The van der Waals surface area contributed by atoms with Crippen molar-refractivity contribution in [2.45, 2.75) is 58.1 Å². The molecule has 0 aliphatic carbocycles. The Labute approximate surface area is 167 Å². The number of allylic oxidation sites excluding steroid dienone is 1. The smallest absolute Gasteiger partial charge is 0.408 e. The molecule has 1 aromatic carbocycles. The third-order valence-electron chi connectivity index (χ3n) is 4.40. The summed E-state index contributed by atoms with van der Waals surface area (Å²) in [7, 11) is 0. The number of amides is 2. The number of rotatable bonds is 5. The van der Waals surface area contributed by atoms with Crippen molar-refractivity contribution >= 4 is 12.0 Å². The number of likely N-dealkylation sites (tertiary alicyclic amines) is 1. The SMILES string of the molecule is CC(C)(C)OC(=O)N[C@H]1CCCCN(CC=CCc2ccc(C#N)cc2)C1=O. The zero-order valence-corrected chi connectivity index (χ0v) is 16.9. The standard InChI is InChI=1S/C22H29N3O3/c1-22(2,3)28-21(27)24-19-9-5-7-15-25(20(19)26)14-6-4-8-17-10-12-18(16-23)13-11-17/h4,6,10-13,19H,5,7-9,14-15H2,1-3H3,(H,24,27)/t19-/m0/s1. The zero-order valence-electron chi connectivity index (χ0n) is 16.9. The number of carbonyl (C=O) groups excluding carboxylic acids is 2. The van der Waals surface area contributed by atoms with E-state index in [0.29, 0.717) is 25.1 Å². The summed E-state index contributed by atoms with van der Waals surface area (Å²) in [6, 6.07) is 9.03.